The number of carbonyl (C=O) groups excluding carboxylic acids is 1. The van der Waals surface area contributed by atoms with Gasteiger partial charge in [0.2, 0.25) is 0 Å². The molecule has 0 atom stereocenters. The van der Waals surface area contributed by atoms with E-state index in [1.54, 1.807) is 19.4 Å². The van der Waals surface area contributed by atoms with Crippen molar-refractivity contribution in [1.29, 1.82) is 0 Å². The quantitative estimate of drug-likeness (QED) is 0.691. The Kier molecular flexibility index (Phi) is 5.68. The summed E-state index contributed by atoms with van der Waals surface area (Å²) in [6, 6.07) is 9.86. The number of pyridine rings is 1. The second-order valence-corrected chi connectivity index (χ2v) is 6.95. The first kappa shape index (κ1) is 19.5. The zero-order valence-electron chi connectivity index (χ0n) is 16.7. The highest BCUT2D eigenvalue weighted by molar-refractivity contribution is 6.07. The maximum absolute atomic E-state index is 12.8. The summed E-state index contributed by atoms with van der Waals surface area (Å²) in [5.74, 6) is -0.243. The minimum absolute atomic E-state index is 0.164. The molecule has 0 saturated carbocycles. The number of anilines is 1. The summed E-state index contributed by atoms with van der Waals surface area (Å²) in [6.07, 6.45) is 6.24. The third-order valence-electron chi connectivity index (χ3n) is 4.87. The molecule has 1 aromatic carbocycles. The Morgan fingerprint density at radius 2 is 1.82 bits per heavy atom. The first-order chi connectivity index (χ1) is 13.4. The number of nitrogens with one attached hydrogen (secondary N) is 2. The summed E-state index contributed by atoms with van der Waals surface area (Å²) in [5.41, 5.74) is 4.05. The van der Waals surface area contributed by atoms with Crippen LogP contribution in [0.1, 0.15) is 29.3 Å². The normalized spacial score (nSPS) is 11.6. The number of benzene rings is 1. The van der Waals surface area contributed by atoms with Crippen molar-refractivity contribution in [2.24, 2.45) is 14.1 Å². The number of fused-ring (bicyclic) bond motifs is 1. The van der Waals surface area contributed by atoms with Gasteiger partial charge in [-0.2, -0.15) is 0 Å². The molecule has 2 aromatic heterocycles. The van der Waals surface area contributed by atoms with Crippen LogP contribution in [0.4, 0.5) is 5.69 Å². The zero-order valence-corrected chi connectivity index (χ0v) is 16.7. The van der Waals surface area contributed by atoms with Crippen molar-refractivity contribution in [3.8, 4) is 0 Å². The molecule has 0 aliphatic carbocycles. The van der Waals surface area contributed by atoms with Crippen LogP contribution in [-0.4, -0.2) is 21.6 Å². The highest BCUT2D eigenvalue weighted by atomic mass is 16.2. The van der Waals surface area contributed by atoms with Gasteiger partial charge in [0.1, 0.15) is 0 Å². The van der Waals surface area contributed by atoms with Crippen molar-refractivity contribution in [3.63, 3.8) is 0 Å². The Morgan fingerprint density at radius 1 is 1.11 bits per heavy atom. The number of aromatic nitrogens is 2. The smallest absolute Gasteiger partial charge is 0.260 e. The van der Waals surface area contributed by atoms with Gasteiger partial charge in [0.25, 0.3) is 11.5 Å². The van der Waals surface area contributed by atoms with E-state index in [-0.39, 0.29) is 11.5 Å². The molecule has 6 heteroatoms. The van der Waals surface area contributed by atoms with E-state index < -0.39 is 0 Å². The van der Waals surface area contributed by atoms with Gasteiger partial charge in [-0.25, -0.2) is 0 Å². The SMILES string of the molecule is CC/C(=C\Nc1ccccc1)CNC(=O)c1cn(C)c2c(C)cn(C)c(=O)c12. The Bertz CT molecular complexity index is 1090. The Hall–Kier alpha value is -3.28. The van der Waals surface area contributed by atoms with Crippen LogP contribution < -0.4 is 16.2 Å². The van der Waals surface area contributed by atoms with Crippen molar-refractivity contribution in [2.75, 3.05) is 11.9 Å². The van der Waals surface area contributed by atoms with Crippen molar-refractivity contribution < 1.29 is 4.79 Å². The third-order valence-corrected chi connectivity index (χ3v) is 4.87. The molecule has 1 amide bonds. The van der Waals surface area contributed by atoms with E-state index in [0.717, 1.165) is 28.8 Å². The third kappa shape index (κ3) is 3.86. The fourth-order valence-electron chi connectivity index (χ4n) is 3.36. The van der Waals surface area contributed by atoms with Gasteiger partial charge < -0.3 is 19.8 Å². The number of carbonyl (C=O) groups is 1. The van der Waals surface area contributed by atoms with Crippen LogP contribution in [0.3, 0.4) is 0 Å². The molecule has 0 fully saturated rings. The van der Waals surface area contributed by atoms with Crippen LogP contribution in [-0.2, 0) is 14.1 Å². The highest BCUT2D eigenvalue weighted by Gasteiger charge is 2.19. The van der Waals surface area contributed by atoms with E-state index in [0.29, 0.717) is 17.5 Å². The van der Waals surface area contributed by atoms with Crippen LogP contribution in [0.25, 0.3) is 10.9 Å². The topological polar surface area (TPSA) is 68.1 Å². The molecule has 0 aliphatic heterocycles. The molecule has 0 bridgehead atoms. The number of nitrogens with zero attached hydrogens (tertiary/aromatic N) is 2. The fraction of sp³-hybridized carbons (Fsp3) is 0.273. The predicted molar refractivity (Wildman–Crippen MR) is 114 cm³/mol. The zero-order chi connectivity index (χ0) is 20.3. The van der Waals surface area contributed by atoms with Gasteiger partial charge in [-0.3, -0.25) is 9.59 Å². The van der Waals surface area contributed by atoms with Crippen molar-refractivity contribution in [1.82, 2.24) is 14.5 Å². The molecule has 2 heterocycles. The number of hydrogen-bond donors (Lipinski definition) is 2. The first-order valence-electron chi connectivity index (χ1n) is 9.35. The monoisotopic (exact) mass is 378 g/mol. The van der Waals surface area contributed by atoms with Crippen molar-refractivity contribution in [3.05, 3.63) is 76.0 Å². The number of amides is 1. The summed E-state index contributed by atoms with van der Waals surface area (Å²) in [4.78, 5) is 25.4. The molecular weight excluding hydrogens is 352 g/mol. The molecule has 6 nitrogen and oxygen atoms in total. The van der Waals surface area contributed by atoms with E-state index in [2.05, 4.69) is 10.6 Å². The van der Waals surface area contributed by atoms with Gasteiger partial charge in [-0.05, 0) is 36.6 Å². The van der Waals surface area contributed by atoms with E-state index in [1.807, 2.05) is 62.0 Å². The Morgan fingerprint density at radius 3 is 2.50 bits per heavy atom. The average molecular weight is 378 g/mol. The van der Waals surface area contributed by atoms with Crippen molar-refractivity contribution >= 4 is 22.5 Å². The standard InChI is InChI=1S/C22H26N4O2/c1-5-16(11-23-17-9-7-6-8-10-17)12-24-21(27)18-14-25(3)20-15(2)13-26(4)22(28)19(18)20/h6-11,13-14,23H,5,12H2,1-4H3,(H,24,27)/b16-11+. The van der Waals surface area contributed by atoms with Crippen LogP contribution in [0.15, 0.2) is 59.3 Å². The van der Waals surface area contributed by atoms with Crippen LogP contribution in [0.5, 0.6) is 0 Å². The summed E-state index contributed by atoms with van der Waals surface area (Å²) in [5, 5.41) is 6.66. The Labute approximate surface area is 164 Å². The van der Waals surface area contributed by atoms with E-state index >= 15 is 0 Å². The maximum atomic E-state index is 12.8. The lowest BCUT2D eigenvalue weighted by molar-refractivity contribution is 0.0958. The lowest BCUT2D eigenvalue weighted by atomic mass is 10.1. The van der Waals surface area contributed by atoms with Gasteiger partial charge >= 0.3 is 0 Å². The number of para-hydroxylation sites is 1. The number of hydrogen-bond acceptors (Lipinski definition) is 3. The lowest BCUT2D eigenvalue weighted by Gasteiger charge is -2.09. The van der Waals surface area contributed by atoms with Crippen molar-refractivity contribution in [2.45, 2.75) is 20.3 Å². The summed E-state index contributed by atoms with van der Waals surface area (Å²) < 4.78 is 3.37. The maximum Gasteiger partial charge on any atom is 0.260 e. The van der Waals surface area contributed by atoms with E-state index in [1.165, 1.54) is 4.57 Å². The summed E-state index contributed by atoms with van der Waals surface area (Å²) in [7, 11) is 3.56. The average Bonchev–Trinajstić information content (AvgIpc) is 3.05. The molecule has 0 radical (unpaired) electrons. The van der Waals surface area contributed by atoms with E-state index in [4.69, 9.17) is 0 Å². The molecule has 0 saturated heterocycles. The predicted octanol–water partition coefficient (Wildman–Crippen LogP) is 3.32. The summed E-state index contributed by atoms with van der Waals surface area (Å²) in [6.45, 7) is 4.40. The second kappa shape index (κ2) is 8.17. The van der Waals surface area contributed by atoms with Crippen LogP contribution in [0.2, 0.25) is 0 Å². The second-order valence-electron chi connectivity index (χ2n) is 6.95. The molecule has 28 heavy (non-hydrogen) atoms. The molecule has 3 rings (SSSR count). The first-order valence-corrected chi connectivity index (χ1v) is 9.35. The number of rotatable bonds is 6. The Balaban J connectivity index is 1.80. The van der Waals surface area contributed by atoms with Gasteiger partial charge in [-0.1, -0.05) is 25.1 Å². The molecule has 3 aromatic rings. The molecule has 146 valence electrons. The van der Waals surface area contributed by atoms with Crippen LogP contribution >= 0.6 is 0 Å². The molecular formula is C22H26N4O2. The lowest BCUT2D eigenvalue weighted by Crippen LogP contribution is -2.27. The van der Waals surface area contributed by atoms with E-state index in [9.17, 15) is 9.59 Å². The van der Waals surface area contributed by atoms with Gasteiger partial charge in [0.05, 0.1) is 16.5 Å². The fourth-order valence-corrected chi connectivity index (χ4v) is 3.36. The molecule has 2 N–H and O–H groups in total. The van der Waals surface area contributed by atoms with Gasteiger partial charge in [0, 0.05) is 44.9 Å². The molecule has 0 spiro atoms. The van der Waals surface area contributed by atoms with Gasteiger partial charge in [-0.15, -0.1) is 0 Å². The largest absolute Gasteiger partial charge is 0.362 e. The minimum Gasteiger partial charge on any atom is -0.362 e. The van der Waals surface area contributed by atoms with Crippen LogP contribution in [0, 0.1) is 6.92 Å². The number of aryl methyl sites for hydroxylation is 3. The van der Waals surface area contributed by atoms with Gasteiger partial charge in [0.15, 0.2) is 0 Å². The highest BCUT2D eigenvalue weighted by Crippen LogP contribution is 2.20. The minimum atomic E-state index is -0.243. The molecule has 0 unspecified atom stereocenters. The summed E-state index contributed by atoms with van der Waals surface area (Å²) >= 11 is 0. The molecule has 0 aliphatic rings.